The summed E-state index contributed by atoms with van der Waals surface area (Å²) in [4.78, 5) is 4.85. The Morgan fingerprint density at radius 2 is 1.77 bits per heavy atom. The topological polar surface area (TPSA) is 68.3 Å². The summed E-state index contributed by atoms with van der Waals surface area (Å²) in [6.45, 7) is 0.371. The number of fused-ring (bicyclic) bond motifs is 2. The normalized spacial score (nSPS) is 25.2. The molecule has 1 N–H and O–H groups in total. The molecule has 2 aliphatic rings. The average molecular weight is 372 g/mol. The van der Waals surface area contributed by atoms with Crippen LogP contribution in [0.1, 0.15) is 42.9 Å². The van der Waals surface area contributed by atoms with E-state index in [0.717, 1.165) is 5.69 Å². The molecule has 0 radical (unpaired) electrons. The predicted octanol–water partition coefficient (Wildman–Crippen LogP) is 3.06. The Balaban J connectivity index is 1.36. The maximum Gasteiger partial charge on any atom is 0.175 e. The quantitative estimate of drug-likeness (QED) is 0.874. The second-order valence-electron chi connectivity index (χ2n) is 7.42. The molecule has 26 heavy (non-hydrogen) atoms. The highest BCUT2D eigenvalue weighted by molar-refractivity contribution is 7.90. The Morgan fingerprint density at radius 3 is 2.35 bits per heavy atom. The molecular weight excluding hydrogens is 348 g/mol. The smallest absolute Gasteiger partial charge is 0.175 e. The van der Waals surface area contributed by atoms with Crippen molar-refractivity contribution in [3.63, 3.8) is 0 Å². The number of hydrogen-bond donors (Lipinski definition) is 1. The summed E-state index contributed by atoms with van der Waals surface area (Å²) in [5.74, 6) is 1.25. The maximum absolute atomic E-state index is 11.5. The Kier molecular flexibility index (Phi) is 4.71. The van der Waals surface area contributed by atoms with Gasteiger partial charge in [-0.15, -0.1) is 0 Å². The van der Waals surface area contributed by atoms with Gasteiger partial charge in [-0.3, -0.25) is 4.98 Å². The lowest BCUT2D eigenvalue weighted by molar-refractivity contribution is 0.301. The van der Waals surface area contributed by atoms with E-state index in [1.54, 1.807) is 24.3 Å². The number of ether oxygens (including phenoxy) is 1. The number of nitrogens with zero attached hydrogens (tertiary/aromatic N) is 1. The number of benzene rings is 1. The predicted molar refractivity (Wildman–Crippen MR) is 100 cm³/mol. The molecule has 2 saturated heterocycles. The molecule has 2 atom stereocenters. The minimum Gasteiger partial charge on any atom is -0.487 e. The van der Waals surface area contributed by atoms with Crippen molar-refractivity contribution in [2.75, 3.05) is 6.26 Å². The van der Waals surface area contributed by atoms with E-state index in [2.05, 4.69) is 16.4 Å². The van der Waals surface area contributed by atoms with Crippen LogP contribution in [0.4, 0.5) is 0 Å². The van der Waals surface area contributed by atoms with Crippen molar-refractivity contribution >= 4 is 9.84 Å². The molecule has 1 aromatic carbocycles. The highest BCUT2D eigenvalue weighted by atomic mass is 32.2. The number of sulfone groups is 1. The van der Waals surface area contributed by atoms with Crippen molar-refractivity contribution in [2.24, 2.45) is 0 Å². The zero-order chi connectivity index (χ0) is 18.1. The van der Waals surface area contributed by atoms with Crippen LogP contribution in [0.2, 0.25) is 0 Å². The lowest BCUT2D eigenvalue weighted by Crippen LogP contribution is -2.37. The molecule has 1 aromatic heterocycles. The molecule has 4 rings (SSSR count). The highest BCUT2D eigenvalue weighted by Gasteiger charge is 2.34. The van der Waals surface area contributed by atoms with Crippen LogP contribution in [0.15, 0.2) is 47.5 Å². The molecule has 2 bridgehead atoms. The zero-order valence-electron chi connectivity index (χ0n) is 14.9. The highest BCUT2D eigenvalue weighted by Crippen LogP contribution is 2.36. The van der Waals surface area contributed by atoms with E-state index in [1.165, 1.54) is 37.5 Å². The first-order valence-electron chi connectivity index (χ1n) is 9.11. The summed E-state index contributed by atoms with van der Waals surface area (Å²) < 4.78 is 28.7. The van der Waals surface area contributed by atoms with Gasteiger partial charge in [-0.1, -0.05) is 6.07 Å². The molecule has 0 spiro atoms. The van der Waals surface area contributed by atoms with E-state index in [-0.39, 0.29) is 0 Å². The number of piperidine rings is 1. The van der Waals surface area contributed by atoms with Crippen LogP contribution in [-0.4, -0.2) is 31.7 Å². The lowest BCUT2D eigenvalue weighted by atomic mass is 9.87. The number of rotatable bonds is 5. The lowest BCUT2D eigenvalue weighted by Gasteiger charge is -2.29. The van der Waals surface area contributed by atoms with E-state index in [9.17, 15) is 8.42 Å². The zero-order valence-corrected chi connectivity index (χ0v) is 15.7. The Morgan fingerprint density at radius 1 is 1.08 bits per heavy atom. The second kappa shape index (κ2) is 7.00. The molecule has 0 aliphatic carbocycles. The number of nitrogens with one attached hydrogen (secondary N) is 1. The third-order valence-electron chi connectivity index (χ3n) is 5.43. The van der Waals surface area contributed by atoms with Gasteiger partial charge in [0, 0.05) is 24.5 Å². The molecule has 2 fully saturated rings. The molecule has 2 aromatic rings. The molecule has 2 aliphatic heterocycles. The van der Waals surface area contributed by atoms with E-state index in [0.29, 0.717) is 35.3 Å². The van der Waals surface area contributed by atoms with Crippen LogP contribution in [0.5, 0.6) is 5.75 Å². The summed E-state index contributed by atoms with van der Waals surface area (Å²) in [6.07, 6.45) is 8.21. The van der Waals surface area contributed by atoms with Crippen molar-refractivity contribution in [1.82, 2.24) is 10.3 Å². The van der Waals surface area contributed by atoms with Gasteiger partial charge in [0.05, 0.1) is 10.6 Å². The van der Waals surface area contributed by atoms with Gasteiger partial charge in [0.25, 0.3) is 0 Å². The Bertz CT molecular complexity index is 851. The first kappa shape index (κ1) is 17.5. The minimum atomic E-state index is -3.18. The van der Waals surface area contributed by atoms with Gasteiger partial charge < -0.3 is 10.1 Å². The van der Waals surface area contributed by atoms with Crippen molar-refractivity contribution in [3.05, 3.63) is 53.9 Å². The van der Waals surface area contributed by atoms with Gasteiger partial charge in [-0.2, -0.15) is 0 Å². The Hall–Kier alpha value is -1.92. The molecule has 6 heteroatoms. The molecule has 0 amide bonds. The van der Waals surface area contributed by atoms with E-state index in [4.69, 9.17) is 4.74 Å². The fraction of sp³-hybridized carbons (Fsp3) is 0.450. The summed E-state index contributed by atoms with van der Waals surface area (Å²) >= 11 is 0. The van der Waals surface area contributed by atoms with Gasteiger partial charge in [-0.25, -0.2) is 8.42 Å². The van der Waals surface area contributed by atoms with Crippen LogP contribution >= 0.6 is 0 Å². The van der Waals surface area contributed by atoms with Crippen LogP contribution in [0, 0.1) is 0 Å². The molecule has 3 heterocycles. The minimum absolute atomic E-state index is 0.295. The van der Waals surface area contributed by atoms with Crippen LogP contribution in [-0.2, 0) is 16.4 Å². The monoisotopic (exact) mass is 372 g/mol. The number of pyridine rings is 1. The SMILES string of the molecule is CS(=O)(=O)c1ccc(OCc2ccc(C3CC4CCC(C3)N4)cn2)cc1. The standard InChI is InChI=1S/C20H24N2O3S/c1-26(23,24)20-8-6-19(7-9-20)25-13-18-3-2-14(12-21-18)15-10-16-4-5-17(11-15)22-16/h2-3,6-9,12,15-17,22H,4-5,10-11,13H2,1H3. The van der Waals surface area contributed by atoms with Crippen molar-refractivity contribution in [1.29, 1.82) is 0 Å². The van der Waals surface area contributed by atoms with Crippen molar-refractivity contribution in [2.45, 2.75) is 55.2 Å². The fourth-order valence-electron chi connectivity index (χ4n) is 4.03. The molecule has 0 saturated carbocycles. The fourth-order valence-corrected chi connectivity index (χ4v) is 4.66. The summed E-state index contributed by atoms with van der Waals surface area (Å²) in [5, 5.41) is 3.68. The molecule has 2 unspecified atom stereocenters. The van der Waals surface area contributed by atoms with Crippen LogP contribution in [0.3, 0.4) is 0 Å². The maximum atomic E-state index is 11.5. The Labute approximate surface area is 154 Å². The first-order valence-corrected chi connectivity index (χ1v) is 11.0. The van der Waals surface area contributed by atoms with Crippen molar-refractivity contribution in [3.8, 4) is 5.75 Å². The molecular formula is C20H24N2O3S. The van der Waals surface area contributed by atoms with Gasteiger partial charge in [0.1, 0.15) is 12.4 Å². The summed E-state index contributed by atoms with van der Waals surface area (Å²) in [7, 11) is -3.18. The van der Waals surface area contributed by atoms with Crippen LogP contribution < -0.4 is 10.1 Å². The second-order valence-corrected chi connectivity index (χ2v) is 9.44. The average Bonchev–Trinajstić information content (AvgIpc) is 2.98. The van der Waals surface area contributed by atoms with Gasteiger partial charge >= 0.3 is 0 Å². The summed E-state index contributed by atoms with van der Waals surface area (Å²) in [5.41, 5.74) is 2.20. The van der Waals surface area contributed by atoms with E-state index >= 15 is 0 Å². The van der Waals surface area contributed by atoms with Crippen LogP contribution in [0.25, 0.3) is 0 Å². The third kappa shape index (κ3) is 3.91. The largest absolute Gasteiger partial charge is 0.487 e. The molecule has 5 nitrogen and oxygen atoms in total. The summed E-state index contributed by atoms with van der Waals surface area (Å²) in [6, 6.07) is 12.0. The molecule has 138 valence electrons. The third-order valence-corrected chi connectivity index (χ3v) is 6.56. The first-order chi connectivity index (χ1) is 12.5. The van der Waals surface area contributed by atoms with E-state index in [1.807, 2.05) is 12.3 Å². The van der Waals surface area contributed by atoms with Gasteiger partial charge in [0.15, 0.2) is 9.84 Å². The van der Waals surface area contributed by atoms with Gasteiger partial charge in [-0.05, 0) is 67.5 Å². The van der Waals surface area contributed by atoms with E-state index < -0.39 is 9.84 Å². The van der Waals surface area contributed by atoms with Gasteiger partial charge in [0.2, 0.25) is 0 Å². The number of hydrogen-bond acceptors (Lipinski definition) is 5. The van der Waals surface area contributed by atoms with Crippen molar-refractivity contribution < 1.29 is 13.2 Å². The number of aromatic nitrogens is 1.